The van der Waals surface area contributed by atoms with Crippen LogP contribution in [0.15, 0.2) is 84.9 Å². The number of rotatable bonds is 7. The summed E-state index contributed by atoms with van der Waals surface area (Å²) in [6.07, 6.45) is 2.13. The van der Waals surface area contributed by atoms with E-state index in [-0.39, 0.29) is 0 Å². The summed E-state index contributed by atoms with van der Waals surface area (Å²) in [6.45, 7) is 2.19. The zero-order chi connectivity index (χ0) is 16.6. The summed E-state index contributed by atoms with van der Waals surface area (Å²) in [6, 6.07) is 28.2. The molecule has 0 spiro atoms. The van der Waals surface area contributed by atoms with Crippen LogP contribution >= 0.6 is 0 Å². The highest BCUT2D eigenvalue weighted by molar-refractivity contribution is 6.63. The SMILES string of the molecule is CCCc1ccccc1[Si](Oc1ccccc1)Oc1ccccc1. The van der Waals surface area contributed by atoms with Crippen LogP contribution < -0.4 is 14.0 Å². The Morgan fingerprint density at radius 3 is 1.71 bits per heavy atom. The van der Waals surface area contributed by atoms with E-state index in [1.54, 1.807) is 0 Å². The number of hydrogen-bond donors (Lipinski definition) is 0. The topological polar surface area (TPSA) is 18.5 Å². The van der Waals surface area contributed by atoms with Gasteiger partial charge in [0.1, 0.15) is 11.5 Å². The molecule has 3 aromatic carbocycles. The molecule has 0 atom stereocenters. The van der Waals surface area contributed by atoms with Gasteiger partial charge < -0.3 is 8.85 Å². The number of para-hydroxylation sites is 2. The number of hydrogen-bond acceptors (Lipinski definition) is 2. The fourth-order valence-corrected chi connectivity index (χ4v) is 4.19. The summed E-state index contributed by atoms with van der Waals surface area (Å²) in [7, 11) is -1.68. The van der Waals surface area contributed by atoms with Crippen LogP contribution in [0.3, 0.4) is 0 Å². The molecular formula is C21H21O2Si. The Kier molecular flexibility index (Phi) is 5.69. The zero-order valence-corrected chi connectivity index (χ0v) is 14.8. The number of aryl methyl sites for hydroxylation is 1. The van der Waals surface area contributed by atoms with Gasteiger partial charge in [0.25, 0.3) is 0 Å². The molecule has 121 valence electrons. The Balaban J connectivity index is 1.92. The molecule has 24 heavy (non-hydrogen) atoms. The minimum absolute atomic E-state index is 0.841. The molecule has 0 aliphatic heterocycles. The highest BCUT2D eigenvalue weighted by atomic mass is 28.3. The molecule has 3 heteroatoms. The summed E-state index contributed by atoms with van der Waals surface area (Å²) in [5.74, 6) is 1.68. The summed E-state index contributed by atoms with van der Waals surface area (Å²) in [5, 5.41) is 1.18. The van der Waals surface area contributed by atoms with Crippen molar-refractivity contribution in [2.24, 2.45) is 0 Å². The monoisotopic (exact) mass is 333 g/mol. The van der Waals surface area contributed by atoms with E-state index >= 15 is 0 Å². The first-order valence-corrected chi connectivity index (χ1v) is 9.59. The molecule has 0 fully saturated rings. The number of benzene rings is 3. The van der Waals surface area contributed by atoms with Gasteiger partial charge in [-0.25, -0.2) is 0 Å². The average Bonchev–Trinajstić information content (AvgIpc) is 2.64. The molecule has 0 aliphatic carbocycles. The normalized spacial score (nSPS) is 10.6. The molecule has 3 aromatic rings. The van der Waals surface area contributed by atoms with Crippen molar-refractivity contribution >= 4 is 14.5 Å². The van der Waals surface area contributed by atoms with Gasteiger partial charge in [0, 0.05) is 5.19 Å². The Hall–Kier alpha value is -2.52. The van der Waals surface area contributed by atoms with Gasteiger partial charge in [0.15, 0.2) is 0 Å². The van der Waals surface area contributed by atoms with E-state index in [0.29, 0.717) is 0 Å². The largest absolute Gasteiger partial charge is 0.572 e. The predicted octanol–water partition coefficient (Wildman–Crippen LogP) is 4.49. The third kappa shape index (κ3) is 4.27. The second kappa shape index (κ2) is 8.36. The van der Waals surface area contributed by atoms with Crippen molar-refractivity contribution in [3.8, 4) is 11.5 Å². The Morgan fingerprint density at radius 1 is 0.667 bits per heavy atom. The second-order valence-corrected chi connectivity index (χ2v) is 7.05. The van der Waals surface area contributed by atoms with Crippen molar-refractivity contribution < 1.29 is 8.85 Å². The van der Waals surface area contributed by atoms with E-state index in [0.717, 1.165) is 24.3 Å². The Labute approximate surface area is 145 Å². The molecule has 0 heterocycles. The predicted molar refractivity (Wildman–Crippen MR) is 100.0 cm³/mol. The fourth-order valence-electron chi connectivity index (χ4n) is 2.53. The summed E-state index contributed by atoms with van der Waals surface area (Å²) >= 11 is 0. The van der Waals surface area contributed by atoms with Crippen LogP contribution in [0.5, 0.6) is 11.5 Å². The first kappa shape index (κ1) is 16.3. The van der Waals surface area contributed by atoms with Gasteiger partial charge in [-0.05, 0) is 36.2 Å². The lowest BCUT2D eigenvalue weighted by Gasteiger charge is -2.19. The van der Waals surface area contributed by atoms with E-state index in [1.165, 1.54) is 10.8 Å². The molecule has 0 saturated carbocycles. The first-order chi connectivity index (χ1) is 11.9. The molecule has 1 radical (unpaired) electrons. The molecule has 0 N–H and O–H groups in total. The van der Waals surface area contributed by atoms with Crippen LogP contribution in [-0.2, 0) is 6.42 Å². The van der Waals surface area contributed by atoms with E-state index in [4.69, 9.17) is 8.85 Å². The van der Waals surface area contributed by atoms with Crippen LogP contribution in [0.25, 0.3) is 0 Å². The average molecular weight is 333 g/mol. The zero-order valence-electron chi connectivity index (χ0n) is 13.8. The van der Waals surface area contributed by atoms with Gasteiger partial charge in [-0.1, -0.05) is 74.0 Å². The van der Waals surface area contributed by atoms with E-state index in [2.05, 4.69) is 31.2 Å². The third-order valence-corrected chi connectivity index (χ3v) is 5.43. The van der Waals surface area contributed by atoms with E-state index < -0.39 is 9.28 Å². The second-order valence-electron chi connectivity index (χ2n) is 5.52. The molecule has 0 bridgehead atoms. The Bertz CT molecular complexity index is 703. The molecule has 2 nitrogen and oxygen atoms in total. The van der Waals surface area contributed by atoms with Gasteiger partial charge in [-0.2, -0.15) is 0 Å². The lowest BCUT2D eigenvalue weighted by molar-refractivity contribution is 0.438. The maximum Gasteiger partial charge on any atom is 0.572 e. The standard InChI is InChI=1S/C21H21O2Si/c1-2-11-18-12-9-10-17-21(18)24(22-19-13-5-3-6-14-19)23-20-15-7-4-8-16-20/h3-10,12-17H,2,11H2,1H3. The van der Waals surface area contributed by atoms with Gasteiger partial charge in [0.05, 0.1) is 0 Å². The van der Waals surface area contributed by atoms with Crippen molar-refractivity contribution in [1.29, 1.82) is 0 Å². The molecule has 0 aromatic heterocycles. The lowest BCUT2D eigenvalue weighted by atomic mass is 10.1. The summed E-state index contributed by atoms with van der Waals surface area (Å²) in [4.78, 5) is 0. The van der Waals surface area contributed by atoms with Crippen LogP contribution in [-0.4, -0.2) is 9.28 Å². The lowest BCUT2D eigenvalue weighted by Crippen LogP contribution is -2.44. The maximum atomic E-state index is 6.27. The summed E-state index contributed by atoms with van der Waals surface area (Å²) < 4.78 is 12.5. The minimum atomic E-state index is -1.68. The Morgan fingerprint density at radius 2 is 1.17 bits per heavy atom. The van der Waals surface area contributed by atoms with Gasteiger partial charge in [-0.3, -0.25) is 0 Å². The van der Waals surface area contributed by atoms with E-state index in [1.807, 2.05) is 60.7 Å². The quantitative estimate of drug-likeness (QED) is 0.593. The smallest absolute Gasteiger partial charge is 0.507 e. The maximum absolute atomic E-state index is 6.27. The highest BCUT2D eigenvalue weighted by Crippen LogP contribution is 2.15. The van der Waals surface area contributed by atoms with Gasteiger partial charge >= 0.3 is 9.28 Å². The molecule has 0 unspecified atom stereocenters. The van der Waals surface area contributed by atoms with Crippen LogP contribution in [0.2, 0.25) is 0 Å². The minimum Gasteiger partial charge on any atom is -0.507 e. The fraction of sp³-hybridized carbons (Fsp3) is 0.143. The van der Waals surface area contributed by atoms with Crippen molar-refractivity contribution in [2.45, 2.75) is 19.8 Å². The van der Waals surface area contributed by atoms with Gasteiger partial charge in [0.2, 0.25) is 0 Å². The van der Waals surface area contributed by atoms with E-state index in [9.17, 15) is 0 Å². The van der Waals surface area contributed by atoms with Crippen molar-refractivity contribution in [3.63, 3.8) is 0 Å². The molecular weight excluding hydrogens is 312 g/mol. The van der Waals surface area contributed by atoms with Crippen molar-refractivity contribution in [2.75, 3.05) is 0 Å². The van der Waals surface area contributed by atoms with Crippen LogP contribution in [0.1, 0.15) is 18.9 Å². The molecule has 0 aliphatic rings. The molecule has 3 rings (SSSR count). The molecule has 0 saturated heterocycles. The summed E-state index contributed by atoms with van der Waals surface area (Å²) in [5.41, 5.74) is 1.31. The third-order valence-electron chi connectivity index (χ3n) is 3.66. The van der Waals surface area contributed by atoms with Crippen LogP contribution in [0.4, 0.5) is 0 Å². The van der Waals surface area contributed by atoms with Crippen LogP contribution in [0, 0.1) is 0 Å². The van der Waals surface area contributed by atoms with Gasteiger partial charge in [-0.15, -0.1) is 0 Å². The van der Waals surface area contributed by atoms with Crippen molar-refractivity contribution in [3.05, 3.63) is 90.5 Å². The highest BCUT2D eigenvalue weighted by Gasteiger charge is 2.27. The first-order valence-electron chi connectivity index (χ1n) is 8.28. The van der Waals surface area contributed by atoms with Crippen molar-refractivity contribution in [1.82, 2.24) is 0 Å². The molecule has 0 amide bonds.